The molecule has 0 aliphatic heterocycles. The van der Waals surface area contributed by atoms with E-state index in [1.807, 2.05) is 0 Å². The zero-order valence-electron chi connectivity index (χ0n) is 12.3. The van der Waals surface area contributed by atoms with Gasteiger partial charge in [0.15, 0.2) is 0 Å². The summed E-state index contributed by atoms with van der Waals surface area (Å²) in [7, 11) is 3.28. The third-order valence-corrected chi connectivity index (χ3v) is 3.24. The summed E-state index contributed by atoms with van der Waals surface area (Å²) < 4.78 is 20.8. The van der Waals surface area contributed by atoms with Crippen LogP contribution in [0.3, 0.4) is 0 Å². The van der Waals surface area contributed by atoms with Crippen molar-refractivity contribution in [3.63, 3.8) is 0 Å². The van der Waals surface area contributed by atoms with Crippen molar-refractivity contribution in [2.45, 2.75) is 20.3 Å². The molecule has 0 spiro atoms. The van der Waals surface area contributed by atoms with Crippen LogP contribution in [-0.2, 0) is 13.5 Å². The maximum absolute atomic E-state index is 14.2. The van der Waals surface area contributed by atoms with Gasteiger partial charge in [0, 0.05) is 24.2 Å². The van der Waals surface area contributed by atoms with Gasteiger partial charge in [-0.25, -0.2) is 4.39 Å². The number of anilines is 1. The minimum absolute atomic E-state index is 0.354. The fourth-order valence-electron chi connectivity index (χ4n) is 2.22. The molecule has 0 aliphatic carbocycles. The number of hydrogen-bond acceptors (Lipinski definition) is 3. The fourth-order valence-corrected chi connectivity index (χ4v) is 2.22. The standard InChI is InChI=1S/C15H20FN3O/c1-9(2)7-12-14(18-19(3)15(12)17)11-6-5-10(20-4)8-13(11)16/h5-6,8-9H,7,17H2,1-4H3. The second-order valence-electron chi connectivity index (χ2n) is 5.28. The van der Waals surface area contributed by atoms with Crippen LogP contribution in [0, 0.1) is 11.7 Å². The van der Waals surface area contributed by atoms with Gasteiger partial charge in [0.1, 0.15) is 23.1 Å². The van der Waals surface area contributed by atoms with Gasteiger partial charge in [-0.05, 0) is 24.5 Å². The van der Waals surface area contributed by atoms with Crippen LogP contribution < -0.4 is 10.5 Å². The molecule has 2 N–H and O–H groups in total. The molecule has 0 radical (unpaired) electrons. The van der Waals surface area contributed by atoms with Gasteiger partial charge in [0.25, 0.3) is 0 Å². The number of nitrogens with two attached hydrogens (primary N) is 1. The van der Waals surface area contributed by atoms with Crippen LogP contribution in [0.1, 0.15) is 19.4 Å². The van der Waals surface area contributed by atoms with E-state index in [0.29, 0.717) is 28.7 Å². The number of nitrogen functional groups attached to an aromatic ring is 1. The third kappa shape index (κ3) is 2.61. The Kier molecular flexibility index (Phi) is 3.97. The van der Waals surface area contributed by atoms with E-state index in [2.05, 4.69) is 18.9 Å². The Bertz CT molecular complexity index is 620. The van der Waals surface area contributed by atoms with Crippen LogP contribution in [-0.4, -0.2) is 16.9 Å². The predicted octanol–water partition coefficient (Wildman–Crippen LogP) is 3.02. The maximum atomic E-state index is 14.2. The lowest BCUT2D eigenvalue weighted by Crippen LogP contribution is -2.02. The van der Waals surface area contributed by atoms with Crippen LogP contribution in [0.5, 0.6) is 5.75 Å². The van der Waals surface area contributed by atoms with Crippen LogP contribution in [0.25, 0.3) is 11.3 Å². The van der Waals surface area contributed by atoms with Crippen molar-refractivity contribution in [1.29, 1.82) is 0 Å². The van der Waals surface area contributed by atoms with Crippen molar-refractivity contribution in [2.75, 3.05) is 12.8 Å². The number of benzene rings is 1. The molecule has 4 nitrogen and oxygen atoms in total. The highest BCUT2D eigenvalue weighted by molar-refractivity contribution is 5.69. The van der Waals surface area contributed by atoms with Crippen LogP contribution in [0.2, 0.25) is 0 Å². The number of rotatable bonds is 4. The molecule has 0 amide bonds. The average molecular weight is 277 g/mol. The lowest BCUT2D eigenvalue weighted by molar-refractivity contribution is 0.411. The van der Waals surface area contributed by atoms with Gasteiger partial charge in [-0.2, -0.15) is 5.10 Å². The van der Waals surface area contributed by atoms with E-state index in [-0.39, 0.29) is 5.82 Å². The summed E-state index contributed by atoms with van der Waals surface area (Å²) in [5.41, 5.74) is 8.01. The summed E-state index contributed by atoms with van der Waals surface area (Å²) in [5, 5.41) is 4.36. The second kappa shape index (κ2) is 5.53. The maximum Gasteiger partial charge on any atom is 0.136 e. The number of nitrogens with zero attached hydrogens (tertiary/aromatic N) is 2. The molecular weight excluding hydrogens is 257 g/mol. The molecule has 0 atom stereocenters. The second-order valence-corrected chi connectivity index (χ2v) is 5.28. The Labute approximate surface area is 118 Å². The first-order valence-corrected chi connectivity index (χ1v) is 6.59. The molecule has 2 rings (SSSR count). The Morgan fingerprint density at radius 1 is 1.40 bits per heavy atom. The summed E-state index contributed by atoms with van der Waals surface area (Å²) in [6.07, 6.45) is 0.764. The van der Waals surface area contributed by atoms with Crippen molar-refractivity contribution in [3.05, 3.63) is 29.6 Å². The average Bonchev–Trinajstić information content (AvgIpc) is 2.66. The molecule has 1 aromatic heterocycles. The molecular formula is C15H20FN3O. The van der Waals surface area contributed by atoms with Crippen LogP contribution in [0.4, 0.5) is 10.2 Å². The molecule has 20 heavy (non-hydrogen) atoms. The fraction of sp³-hybridized carbons (Fsp3) is 0.400. The lowest BCUT2D eigenvalue weighted by Gasteiger charge is -2.08. The van der Waals surface area contributed by atoms with Crippen molar-refractivity contribution >= 4 is 5.82 Å². The van der Waals surface area contributed by atoms with E-state index in [0.717, 1.165) is 12.0 Å². The van der Waals surface area contributed by atoms with E-state index in [1.54, 1.807) is 23.9 Å². The Morgan fingerprint density at radius 2 is 2.10 bits per heavy atom. The SMILES string of the molecule is COc1ccc(-c2nn(C)c(N)c2CC(C)C)c(F)c1. The molecule has 5 heteroatoms. The Balaban J connectivity index is 2.54. The summed E-state index contributed by atoms with van der Waals surface area (Å²) >= 11 is 0. The number of hydrogen-bond donors (Lipinski definition) is 1. The highest BCUT2D eigenvalue weighted by Crippen LogP contribution is 2.32. The normalized spacial score (nSPS) is 11.1. The topological polar surface area (TPSA) is 53.1 Å². The molecule has 0 saturated heterocycles. The van der Waals surface area contributed by atoms with Gasteiger partial charge in [0.05, 0.1) is 7.11 Å². The number of methoxy groups -OCH3 is 1. The minimum Gasteiger partial charge on any atom is -0.497 e. The first kappa shape index (κ1) is 14.4. The summed E-state index contributed by atoms with van der Waals surface area (Å²) in [5.74, 6) is 1.14. The molecule has 0 aliphatic rings. The van der Waals surface area contributed by atoms with Crippen molar-refractivity contribution in [2.24, 2.45) is 13.0 Å². The van der Waals surface area contributed by atoms with Gasteiger partial charge in [-0.15, -0.1) is 0 Å². The first-order chi connectivity index (χ1) is 9.43. The lowest BCUT2D eigenvalue weighted by atomic mass is 9.99. The quantitative estimate of drug-likeness (QED) is 0.934. The largest absolute Gasteiger partial charge is 0.497 e. The monoisotopic (exact) mass is 277 g/mol. The number of aromatic nitrogens is 2. The minimum atomic E-state index is -0.354. The number of aryl methyl sites for hydroxylation is 1. The first-order valence-electron chi connectivity index (χ1n) is 6.59. The van der Waals surface area contributed by atoms with E-state index in [4.69, 9.17) is 10.5 Å². The van der Waals surface area contributed by atoms with E-state index >= 15 is 0 Å². The zero-order valence-corrected chi connectivity index (χ0v) is 12.3. The van der Waals surface area contributed by atoms with E-state index in [9.17, 15) is 4.39 Å². The number of halogens is 1. The molecule has 0 bridgehead atoms. The van der Waals surface area contributed by atoms with Gasteiger partial charge in [-0.1, -0.05) is 13.8 Å². The van der Waals surface area contributed by atoms with Gasteiger partial charge >= 0.3 is 0 Å². The zero-order chi connectivity index (χ0) is 14.9. The van der Waals surface area contributed by atoms with Crippen molar-refractivity contribution in [1.82, 2.24) is 9.78 Å². The summed E-state index contributed by atoms with van der Waals surface area (Å²) in [6.45, 7) is 4.20. The number of ether oxygens (including phenoxy) is 1. The van der Waals surface area contributed by atoms with Crippen molar-refractivity contribution < 1.29 is 9.13 Å². The van der Waals surface area contributed by atoms with Gasteiger partial charge < -0.3 is 10.5 Å². The molecule has 0 fully saturated rings. The van der Waals surface area contributed by atoms with Crippen molar-refractivity contribution in [3.8, 4) is 17.0 Å². The summed E-state index contributed by atoms with van der Waals surface area (Å²) in [4.78, 5) is 0. The Morgan fingerprint density at radius 3 is 2.65 bits per heavy atom. The summed E-state index contributed by atoms with van der Waals surface area (Å²) in [6, 6.07) is 4.77. The van der Waals surface area contributed by atoms with Gasteiger partial charge in [-0.3, -0.25) is 4.68 Å². The smallest absolute Gasteiger partial charge is 0.136 e. The molecule has 0 saturated carbocycles. The van der Waals surface area contributed by atoms with Gasteiger partial charge in [0.2, 0.25) is 0 Å². The van der Waals surface area contributed by atoms with Crippen LogP contribution >= 0.6 is 0 Å². The molecule has 1 heterocycles. The van der Waals surface area contributed by atoms with E-state index in [1.165, 1.54) is 13.2 Å². The van der Waals surface area contributed by atoms with E-state index < -0.39 is 0 Å². The molecule has 2 aromatic rings. The predicted molar refractivity (Wildman–Crippen MR) is 78.1 cm³/mol. The van der Waals surface area contributed by atoms with Crippen LogP contribution in [0.15, 0.2) is 18.2 Å². The highest BCUT2D eigenvalue weighted by Gasteiger charge is 2.19. The molecule has 108 valence electrons. The Hall–Kier alpha value is -2.04. The molecule has 1 aromatic carbocycles. The highest BCUT2D eigenvalue weighted by atomic mass is 19.1. The molecule has 0 unspecified atom stereocenters. The third-order valence-electron chi connectivity index (χ3n) is 3.24.